The highest BCUT2D eigenvalue weighted by Crippen LogP contribution is 2.26. The van der Waals surface area contributed by atoms with Gasteiger partial charge in [-0.25, -0.2) is 4.98 Å². The number of guanidine groups is 1. The van der Waals surface area contributed by atoms with E-state index in [9.17, 15) is 4.79 Å². The third-order valence-electron chi connectivity index (χ3n) is 3.79. The summed E-state index contributed by atoms with van der Waals surface area (Å²) in [6, 6.07) is -0.0306. The van der Waals surface area contributed by atoms with Crippen molar-refractivity contribution in [2.75, 3.05) is 13.1 Å². The molecule has 0 bridgehead atoms. The lowest BCUT2D eigenvalue weighted by Crippen LogP contribution is -2.50. The Morgan fingerprint density at radius 2 is 2.42 bits per heavy atom. The van der Waals surface area contributed by atoms with Gasteiger partial charge in [0, 0.05) is 24.9 Å². The van der Waals surface area contributed by atoms with Gasteiger partial charge in [-0.05, 0) is 19.4 Å². The Labute approximate surface area is 154 Å². The normalized spacial score (nSPS) is 23.1. The molecule has 2 aliphatic rings. The molecule has 3 rings (SSSR count). The highest BCUT2D eigenvalue weighted by molar-refractivity contribution is 14.1. The van der Waals surface area contributed by atoms with Crippen molar-refractivity contribution in [2.24, 2.45) is 4.99 Å². The summed E-state index contributed by atoms with van der Waals surface area (Å²) >= 11 is 1.86. The molecule has 8 nitrogen and oxygen atoms in total. The highest BCUT2D eigenvalue weighted by atomic mass is 127. The second-order valence-electron chi connectivity index (χ2n) is 5.58. The standard InChI is InChI=1S/C15H19IN6O2/c1-10-8-22(9-19-10)12-4-3-11(7-13(12)24-16)14(23)20-21-15-17-5-2-6-18-15/h3-4,7-9,12-13H,2,5-6H2,1H3,(H,20,23)(H2,17,18,21). The molecule has 2 heterocycles. The number of aliphatic imine (C=N–C) groups is 1. The number of hydrogen-bond donors (Lipinski definition) is 3. The molecule has 128 valence electrons. The predicted molar refractivity (Wildman–Crippen MR) is 98.3 cm³/mol. The molecule has 0 spiro atoms. The largest absolute Gasteiger partial charge is 0.355 e. The predicted octanol–water partition coefficient (Wildman–Crippen LogP) is 0.934. The molecule has 1 aromatic rings. The summed E-state index contributed by atoms with van der Waals surface area (Å²) in [5, 5.41) is 3.08. The van der Waals surface area contributed by atoms with Crippen molar-refractivity contribution in [3.8, 4) is 0 Å². The summed E-state index contributed by atoms with van der Waals surface area (Å²) in [5.74, 6) is 0.350. The quantitative estimate of drug-likeness (QED) is 0.479. The molecular formula is C15H19IN6O2. The number of halogens is 1. The average Bonchev–Trinajstić information content (AvgIpc) is 3.06. The fourth-order valence-corrected chi connectivity index (χ4v) is 3.00. The van der Waals surface area contributed by atoms with Gasteiger partial charge in [0.1, 0.15) is 29.1 Å². The van der Waals surface area contributed by atoms with Gasteiger partial charge < -0.3 is 13.0 Å². The number of nitrogens with zero attached hydrogens (tertiary/aromatic N) is 3. The van der Waals surface area contributed by atoms with Crippen molar-refractivity contribution in [2.45, 2.75) is 25.5 Å². The smallest absolute Gasteiger partial charge is 0.269 e. The van der Waals surface area contributed by atoms with Gasteiger partial charge in [-0.15, -0.1) is 0 Å². The van der Waals surface area contributed by atoms with Crippen LogP contribution in [0.4, 0.5) is 0 Å². The summed E-state index contributed by atoms with van der Waals surface area (Å²) in [5.41, 5.74) is 6.92. The number of amides is 1. The number of aromatic nitrogens is 2. The summed E-state index contributed by atoms with van der Waals surface area (Å²) in [6.45, 7) is 3.54. The van der Waals surface area contributed by atoms with E-state index in [1.54, 1.807) is 18.5 Å². The molecule has 0 fully saturated rings. The third-order valence-corrected chi connectivity index (χ3v) is 4.37. The lowest BCUT2D eigenvalue weighted by Gasteiger charge is -2.25. The van der Waals surface area contributed by atoms with E-state index >= 15 is 0 Å². The van der Waals surface area contributed by atoms with Gasteiger partial charge in [0.25, 0.3) is 5.91 Å². The van der Waals surface area contributed by atoms with E-state index < -0.39 is 0 Å². The molecule has 2 atom stereocenters. The Morgan fingerprint density at radius 1 is 1.54 bits per heavy atom. The van der Waals surface area contributed by atoms with Crippen LogP contribution in [0.3, 0.4) is 0 Å². The molecule has 0 saturated heterocycles. The van der Waals surface area contributed by atoms with Crippen LogP contribution in [0, 0.1) is 6.92 Å². The highest BCUT2D eigenvalue weighted by Gasteiger charge is 2.25. The zero-order valence-electron chi connectivity index (χ0n) is 13.2. The number of imidazole rings is 1. The zero-order chi connectivity index (χ0) is 16.9. The first-order chi connectivity index (χ1) is 11.7. The minimum Gasteiger partial charge on any atom is -0.355 e. The van der Waals surface area contributed by atoms with Crippen molar-refractivity contribution < 1.29 is 7.86 Å². The summed E-state index contributed by atoms with van der Waals surface area (Å²) in [4.78, 5) is 20.8. The molecule has 1 amide bonds. The Kier molecular flexibility index (Phi) is 5.51. The molecule has 24 heavy (non-hydrogen) atoms. The van der Waals surface area contributed by atoms with Gasteiger partial charge in [0.15, 0.2) is 0 Å². The number of hydrazine groups is 1. The van der Waals surface area contributed by atoms with Gasteiger partial charge in [-0.3, -0.25) is 20.6 Å². The lowest BCUT2D eigenvalue weighted by atomic mass is 10.00. The number of rotatable bonds is 3. The molecule has 3 N–H and O–H groups in total. The van der Waals surface area contributed by atoms with E-state index in [4.69, 9.17) is 3.07 Å². The van der Waals surface area contributed by atoms with E-state index in [1.165, 1.54) is 0 Å². The monoisotopic (exact) mass is 442 g/mol. The molecular weight excluding hydrogens is 423 g/mol. The maximum Gasteiger partial charge on any atom is 0.269 e. The van der Waals surface area contributed by atoms with Crippen molar-refractivity contribution in [1.29, 1.82) is 0 Å². The fraction of sp³-hybridized carbons (Fsp3) is 0.400. The van der Waals surface area contributed by atoms with Crippen molar-refractivity contribution >= 4 is 34.9 Å². The number of carbonyl (C=O) groups excluding carboxylic acids is 1. The SMILES string of the molecule is Cc1cn(C2C=CC(C(=O)NNC3=NCCCN3)=CC2OI)cn1. The zero-order valence-corrected chi connectivity index (χ0v) is 15.4. The second-order valence-corrected chi connectivity index (χ2v) is 6.09. The minimum atomic E-state index is -0.255. The van der Waals surface area contributed by atoms with Gasteiger partial charge in [-0.1, -0.05) is 12.2 Å². The summed E-state index contributed by atoms with van der Waals surface area (Å²) in [7, 11) is 0. The van der Waals surface area contributed by atoms with Crippen LogP contribution < -0.4 is 16.2 Å². The van der Waals surface area contributed by atoms with Gasteiger partial charge in [0.05, 0.1) is 18.1 Å². The van der Waals surface area contributed by atoms with Crippen LogP contribution in [-0.2, 0) is 7.86 Å². The average molecular weight is 442 g/mol. The molecule has 0 saturated carbocycles. The van der Waals surface area contributed by atoms with Crippen molar-refractivity contribution in [1.82, 2.24) is 25.7 Å². The van der Waals surface area contributed by atoms with Crippen LogP contribution in [0.5, 0.6) is 0 Å². The molecule has 2 unspecified atom stereocenters. The van der Waals surface area contributed by atoms with E-state index in [0.29, 0.717) is 11.5 Å². The molecule has 0 aromatic carbocycles. The van der Waals surface area contributed by atoms with E-state index in [2.05, 4.69) is 26.1 Å². The van der Waals surface area contributed by atoms with Crippen molar-refractivity contribution in [3.05, 3.63) is 42.0 Å². The number of carbonyl (C=O) groups is 1. The van der Waals surface area contributed by atoms with Crippen LogP contribution in [0.2, 0.25) is 0 Å². The molecule has 1 aliphatic heterocycles. The van der Waals surface area contributed by atoms with E-state index in [1.807, 2.05) is 46.8 Å². The third kappa shape index (κ3) is 3.96. The Hall–Kier alpha value is -1.88. The molecule has 0 radical (unpaired) electrons. The Balaban J connectivity index is 1.64. The van der Waals surface area contributed by atoms with Crippen molar-refractivity contribution in [3.63, 3.8) is 0 Å². The summed E-state index contributed by atoms with van der Waals surface area (Å²) in [6.07, 6.45) is 9.99. The Morgan fingerprint density at radius 3 is 3.08 bits per heavy atom. The fourth-order valence-electron chi connectivity index (χ4n) is 2.55. The van der Waals surface area contributed by atoms with E-state index in [0.717, 1.165) is 25.2 Å². The van der Waals surface area contributed by atoms with Crippen LogP contribution in [-0.4, -0.2) is 40.6 Å². The van der Waals surface area contributed by atoms with Gasteiger partial charge in [0.2, 0.25) is 5.96 Å². The minimum absolute atomic E-state index is 0.0306. The first kappa shape index (κ1) is 17.0. The van der Waals surface area contributed by atoms with Crippen LogP contribution >= 0.6 is 23.0 Å². The number of aryl methyl sites for hydroxylation is 1. The van der Waals surface area contributed by atoms with Crippen LogP contribution in [0.15, 0.2) is 41.3 Å². The van der Waals surface area contributed by atoms with Gasteiger partial charge >= 0.3 is 0 Å². The number of hydrogen-bond acceptors (Lipinski definition) is 6. The van der Waals surface area contributed by atoms with Gasteiger partial charge in [-0.2, -0.15) is 0 Å². The Bertz CT molecular complexity index is 696. The molecule has 9 heteroatoms. The summed E-state index contributed by atoms with van der Waals surface area (Å²) < 4.78 is 7.47. The number of nitrogens with one attached hydrogen (secondary N) is 3. The first-order valence-corrected chi connectivity index (χ1v) is 8.57. The second kappa shape index (κ2) is 7.79. The van der Waals surface area contributed by atoms with Crippen LogP contribution in [0.25, 0.3) is 0 Å². The molecule has 1 aliphatic carbocycles. The molecule has 1 aromatic heterocycles. The van der Waals surface area contributed by atoms with E-state index in [-0.39, 0.29) is 18.1 Å². The van der Waals surface area contributed by atoms with Crippen LogP contribution in [0.1, 0.15) is 18.2 Å². The first-order valence-electron chi connectivity index (χ1n) is 7.69. The topological polar surface area (TPSA) is 92.6 Å². The lowest BCUT2D eigenvalue weighted by molar-refractivity contribution is -0.117. The maximum absolute atomic E-state index is 12.3. The maximum atomic E-state index is 12.3.